The van der Waals surface area contributed by atoms with Crippen LogP contribution in [-0.4, -0.2) is 11.1 Å². The van der Waals surface area contributed by atoms with E-state index in [0.29, 0.717) is 5.56 Å². The third-order valence-corrected chi connectivity index (χ3v) is 4.14. The summed E-state index contributed by atoms with van der Waals surface area (Å²) in [7, 11) is 0. The first-order valence-electron chi connectivity index (χ1n) is 7.04. The molecular formula is C17H10F4N2OS. The van der Waals surface area contributed by atoms with Gasteiger partial charge in [-0.3, -0.25) is 4.79 Å². The molecule has 0 saturated carbocycles. The highest BCUT2D eigenvalue weighted by Gasteiger charge is 2.34. The quantitative estimate of drug-likeness (QED) is 0.616. The molecule has 128 valence electrons. The average molecular weight is 366 g/mol. The van der Waals surface area contributed by atoms with Crippen molar-refractivity contribution in [3.05, 3.63) is 70.4 Å². The van der Waals surface area contributed by atoms with Crippen molar-refractivity contribution in [2.75, 3.05) is 0 Å². The van der Waals surface area contributed by atoms with E-state index in [1.54, 1.807) is 6.07 Å². The van der Waals surface area contributed by atoms with Gasteiger partial charge in [-0.25, -0.2) is 9.38 Å². The summed E-state index contributed by atoms with van der Waals surface area (Å²) < 4.78 is 52.2. The Kier molecular flexibility index (Phi) is 4.63. The number of halogens is 4. The van der Waals surface area contributed by atoms with Crippen LogP contribution in [-0.2, 0) is 11.0 Å². The van der Waals surface area contributed by atoms with E-state index in [1.807, 2.05) is 0 Å². The lowest BCUT2D eigenvalue weighted by Crippen LogP contribution is -2.19. The maximum Gasteiger partial charge on any atom is 0.418 e. The van der Waals surface area contributed by atoms with Crippen LogP contribution in [0.15, 0.2) is 58.4 Å². The summed E-state index contributed by atoms with van der Waals surface area (Å²) in [5.74, 6) is -0.955. The number of carbonyl (C=O) groups excluding carboxylic acids is 1. The standard InChI is InChI=1S/C17H10F4N2OS/c18-11-5-3-4-10(8-11)9-14-15(24)23-16(25-14)22-13-7-2-1-6-12(13)17(19,20)21/h1-9H,(H,22,23,24). The number of amides is 1. The lowest BCUT2D eigenvalue weighted by Gasteiger charge is -2.09. The van der Waals surface area contributed by atoms with Crippen LogP contribution in [0.3, 0.4) is 0 Å². The number of hydrogen-bond acceptors (Lipinski definition) is 3. The van der Waals surface area contributed by atoms with E-state index in [-0.39, 0.29) is 15.8 Å². The topological polar surface area (TPSA) is 41.5 Å². The molecule has 3 rings (SSSR count). The summed E-state index contributed by atoms with van der Waals surface area (Å²) in [5.41, 5.74) is -0.709. The Bertz CT molecular complexity index is 890. The van der Waals surface area contributed by atoms with Crippen molar-refractivity contribution in [1.82, 2.24) is 5.32 Å². The van der Waals surface area contributed by atoms with E-state index < -0.39 is 23.5 Å². The predicted octanol–water partition coefficient (Wildman–Crippen LogP) is 4.74. The number of thioether (sulfide) groups is 1. The minimum atomic E-state index is -4.55. The molecule has 1 N–H and O–H groups in total. The maximum atomic E-state index is 13.2. The molecule has 1 saturated heterocycles. The number of carbonyl (C=O) groups is 1. The zero-order chi connectivity index (χ0) is 18.0. The fourth-order valence-electron chi connectivity index (χ4n) is 2.15. The Morgan fingerprint density at radius 1 is 1.08 bits per heavy atom. The molecule has 8 heteroatoms. The molecule has 1 aliphatic rings. The average Bonchev–Trinajstić information content (AvgIpc) is 2.86. The minimum absolute atomic E-state index is 0.0318. The van der Waals surface area contributed by atoms with E-state index >= 15 is 0 Å². The van der Waals surface area contributed by atoms with Gasteiger partial charge >= 0.3 is 6.18 Å². The second-order valence-electron chi connectivity index (χ2n) is 5.05. The Morgan fingerprint density at radius 3 is 2.56 bits per heavy atom. The Labute approximate surface area is 144 Å². The first kappa shape index (κ1) is 17.2. The number of amidine groups is 1. The molecule has 1 aliphatic heterocycles. The number of nitrogens with zero attached hydrogens (tertiary/aromatic N) is 1. The van der Waals surface area contributed by atoms with E-state index in [2.05, 4.69) is 10.3 Å². The molecule has 25 heavy (non-hydrogen) atoms. The van der Waals surface area contributed by atoms with Gasteiger partial charge in [-0.2, -0.15) is 13.2 Å². The molecule has 1 fully saturated rings. The molecule has 0 unspecified atom stereocenters. The molecular weight excluding hydrogens is 356 g/mol. The molecule has 0 aliphatic carbocycles. The van der Waals surface area contributed by atoms with Crippen LogP contribution in [0.4, 0.5) is 23.2 Å². The third-order valence-electron chi connectivity index (χ3n) is 3.23. The molecule has 0 aromatic heterocycles. The zero-order valence-electron chi connectivity index (χ0n) is 12.5. The molecule has 3 nitrogen and oxygen atoms in total. The smallest absolute Gasteiger partial charge is 0.300 e. The number of hydrogen-bond donors (Lipinski definition) is 1. The molecule has 1 heterocycles. The van der Waals surface area contributed by atoms with Crippen LogP contribution in [0.25, 0.3) is 6.08 Å². The van der Waals surface area contributed by atoms with Crippen LogP contribution in [0, 0.1) is 5.82 Å². The fraction of sp³-hybridized carbons (Fsp3) is 0.0588. The molecule has 2 aromatic rings. The summed E-state index contributed by atoms with van der Waals surface area (Å²) in [6.07, 6.45) is -3.10. The van der Waals surface area contributed by atoms with E-state index in [1.165, 1.54) is 42.5 Å². The summed E-state index contributed by atoms with van der Waals surface area (Å²) in [6, 6.07) is 10.5. The number of rotatable bonds is 2. The van der Waals surface area contributed by atoms with Crippen LogP contribution < -0.4 is 5.32 Å². The third kappa shape index (κ3) is 4.08. The zero-order valence-corrected chi connectivity index (χ0v) is 13.3. The lowest BCUT2D eigenvalue weighted by atomic mass is 10.2. The van der Waals surface area contributed by atoms with Crippen LogP contribution >= 0.6 is 11.8 Å². The highest BCUT2D eigenvalue weighted by atomic mass is 32.2. The van der Waals surface area contributed by atoms with E-state index in [0.717, 1.165) is 17.8 Å². The molecule has 1 amide bonds. The lowest BCUT2D eigenvalue weighted by molar-refractivity contribution is -0.137. The van der Waals surface area contributed by atoms with Crippen molar-refractivity contribution in [2.24, 2.45) is 4.99 Å². The van der Waals surface area contributed by atoms with E-state index in [9.17, 15) is 22.4 Å². The second-order valence-corrected chi connectivity index (χ2v) is 6.08. The van der Waals surface area contributed by atoms with Crippen molar-refractivity contribution in [3.63, 3.8) is 0 Å². The van der Waals surface area contributed by atoms with Crippen molar-refractivity contribution >= 4 is 34.6 Å². The maximum absolute atomic E-state index is 13.2. The van der Waals surface area contributed by atoms with Crippen molar-refractivity contribution in [3.8, 4) is 0 Å². The van der Waals surface area contributed by atoms with Gasteiger partial charge in [-0.05, 0) is 47.7 Å². The van der Waals surface area contributed by atoms with Gasteiger partial charge in [0.1, 0.15) is 5.82 Å². The molecule has 0 atom stereocenters. The van der Waals surface area contributed by atoms with Crippen LogP contribution in [0.2, 0.25) is 0 Å². The van der Waals surface area contributed by atoms with Crippen molar-refractivity contribution in [1.29, 1.82) is 0 Å². The van der Waals surface area contributed by atoms with Gasteiger partial charge in [0.2, 0.25) is 0 Å². The highest BCUT2D eigenvalue weighted by Crippen LogP contribution is 2.37. The normalized spacial score (nSPS) is 18.0. The van der Waals surface area contributed by atoms with Crippen molar-refractivity contribution in [2.45, 2.75) is 6.18 Å². The van der Waals surface area contributed by atoms with Gasteiger partial charge in [0.05, 0.1) is 16.2 Å². The second kappa shape index (κ2) is 6.72. The summed E-state index contributed by atoms with van der Waals surface area (Å²) in [4.78, 5) is 16.1. The first-order valence-corrected chi connectivity index (χ1v) is 7.86. The molecule has 0 spiro atoms. The van der Waals surface area contributed by atoms with Crippen LogP contribution in [0.1, 0.15) is 11.1 Å². The largest absolute Gasteiger partial charge is 0.418 e. The van der Waals surface area contributed by atoms with Gasteiger partial charge in [0.25, 0.3) is 5.91 Å². The molecule has 2 aromatic carbocycles. The Balaban J connectivity index is 1.90. The van der Waals surface area contributed by atoms with Gasteiger partial charge < -0.3 is 5.32 Å². The number of para-hydroxylation sites is 1. The first-order chi connectivity index (χ1) is 11.8. The summed E-state index contributed by atoms with van der Waals surface area (Å²) in [5, 5.41) is 2.44. The fourth-order valence-corrected chi connectivity index (χ4v) is 2.98. The van der Waals surface area contributed by atoms with E-state index in [4.69, 9.17) is 0 Å². The van der Waals surface area contributed by atoms with Crippen LogP contribution in [0.5, 0.6) is 0 Å². The Morgan fingerprint density at radius 2 is 1.84 bits per heavy atom. The SMILES string of the molecule is O=C1NC(=Nc2ccccc2C(F)(F)F)SC1=Cc1cccc(F)c1. The highest BCUT2D eigenvalue weighted by molar-refractivity contribution is 8.18. The van der Waals surface area contributed by atoms with Crippen molar-refractivity contribution < 1.29 is 22.4 Å². The minimum Gasteiger partial charge on any atom is -0.300 e. The monoisotopic (exact) mass is 366 g/mol. The molecule has 0 bridgehead atoms. The predicted molar refractivity (Wildman–Crippen MR) is 88.6 cm³/mol. The number of alkyl halides is 3. The van der Waals surface area contributed by atoms with Gasteiger partial charge in [-0.1, -0.05) is 24.3 Å². The van der Waals surface area contributed by atoms with Gasteiger partial charge in [-0.15, -0.1) is 0 Å². The summed E-state index contributed by atoms with van der Waals surface area (Å²) >= 11 is 0.894. The summed E-state index contributed by atoms with van der Waals surface area (Å²) in [6.45, 7) is 0. The molecule has 0 radical (unpaired) electrons. The Hall–Kier alpha value is -2.61. The number of nitrogens with one attached hydrogen (secondary N) is 1. The number of aliphatic imine (C=N–C) groups is 1. The number of benzene rings is 2. The van der Waals surface area contributed by atoms with Gasteiger partial charge in [0.15, 0.2) is 5.17 Å². The van der Waals surface area contributed by atoms with Gasteiger partial charge in [0, 0.05) is 0 Å².